The Bertz CT molecular complexity index is 744. The van der Waals surface area contributed by atoms with Crippen LogP contribution in [0.15, 0.2) is 26.7 Å². The van der Waals surface area contributed by atoms with Crippen LogP contribution in [0.25, 0.3) is 6.08 Å². The molecule has 1 heterocycles. The SMILES string of the molecule is COc1cc(/C=C(/Sc2nnc(C)o2)C(=O)O)cc(Cl)c1O. The topological polar surface area (TPSA) is 106 Å². The summed E-state index contributed by atoms with van der Waals surface area (Å²) in [5, 5.41) is 26.4. The molecule has 0 bridgehead atoms. The Morgan fingerprint density at radius 3 is 2.73 bits per heavy atom. The van der Waals surface area contributed by atoms with E-state index in [1.807, 2.05) is 0 Å². The highest BCUT2D eigenvalue weighted by Crippen LogP contribution is 2.36. The van der Waals surface area contributed by atoms with Crippen molar-refractivity contribution in [2.45, 2.75) is 12.1 Å². The van der Waals surface area contributed by atoms with Crippen molar-refractivity contribution in [2.75, 3.05) is 7.11 Å². The first-order valence-electron chi connectivity index (χ1n) is 5.90. The number of benzene rings is 1. The highest BCUT2D eigenvalue weighted by atomic mass is 35.5. The summed E-state index contributed by atoms with van der Waals surface area (Å²) in [7, 11) is 1.37. The number of methoxy groups -OCH3 is 1. The zero-order chi connectivity index (χ0) is 16.3. The molecule has 0 unspecified atom stereocenters. The standard InChI is InChI=1S/C13H11ClN2O5S/c1-6-15-16-13(21-6)22-10(12(18)19)5-7-3-8(14)11(17)9(4-7)20-2/h3-5,17H,1-2H3,(H,18,19)/b10-5+. The summed E-state index contributed by atoms with van der Waals surface area (Å²) < 4.78 is 10.1. The Hall–Kier alpha value is -2.19. The minimum Gasteiger partial charge on any atom is -0.503 e. The molecule has 0 fully saturated rings. The Kier molecular flexibility index (Phi) is 4.94. The predicted molar refractivity (Wildman–Crippen MR) is 80.2 cm³/mol. The summed E-state index contributed by atoms with van der Waals surface area (Å²) in [5.74, 6) is -0.897. The molecule has 0 radical (unpaired) electrons. The summed E-state index contributed by atoms with van der Waals surface area (Å²) in [6.45, 7) is 1.60. The van der Waals surface area contributed by atoms with E-state index in [0.717, 1.165) is 11.8 Å². The van der Waals surface area contributed by atoms with E-state index in [-0.39, 0.29) is 26.6 Å². The van der Waals surface area contributed by atoms with E-state index in [0.29, 0.717) is 11.5 Å². The zero-order valence-electron chi connectivity index (χ0n) is 11.5. The summed E-state index contributed by atoms with van der Waals surface area (Å²) >= 11 is 6.68. The molecule has 0 aliphatic rings. The van der Waals surface area contributed by atoms with Crippen molar-refractivity contribution in [3.63, 3.8) is 0 Å². The van der Waals surface area contributed by atoms with Gasteiger partial charge in [-0.1, -0.05) is 11.6 Å². The van der Waals surface area contributed by atoms with Gasteiger partial charge in [-0.2, -0.15) is 0 Å². The van der Waals surface area contributed by atoms with Crippen LogP contribution in [0.4, 0.5) is 0 Å². The van der Waals surface area contributed by atoms with Crippen LogP contribution >= 0.6 is 23.4 Å². The normalized spacial score (nSPS) is 11.5. The van der Waals surface area contributed by atoms with Gasteiger partial charge in [0.2, 0.25) is 5.89 Å². The van der Waals surface area contributed by atoms with Crippen molar-refractivity contribution in [1.29, 1.82) is 0 Å². The van der Waals surface area contributed by atoms with E-state index in [1.54, 1.807) is 6.92 Å². The lowest BCUT2D eigenvalue weighted by molar-refractivity contribution is -0.131. The van der Waals surface area contributed by atoms with Crippen LogP contribution in [-0.4, -0.2) is 33.5 Å². The minimum absolute atomic E-state index is 0.0486. The molecule has 0 saturated carbocycles. The number of aromatic hydroxyl groups is 1. The number of aryl methyl sites for hydroxylation is 1. The Morgan fingerprint density at radius 1 is 1.45 bits per heavy atom. The molecule has 7 nitrogen and oxygen atoms in total. The molecule has 0 amide bonds. The fraction of sp³-hybridized carbons (Fsp3) is 0.154. The first kappa shape index (κ1) is 16.2. The third-order valence-electron chi connectivity index (χ3n) is 2.48. The maximum absolute atomic E-state index is 11.3. The molecule has 22 heavy (non-hydrogen) atoms. The van der Waals surface area contributed by atoms with Crippen molar-refractivity contribution in [1.82, 2.24) is 10.2 Å². The van der Waals surface area contributed by atoms with Crippen LogP contribution in [0.1, 0.15) is 11.5 Å². The van der Waals surface area contributed by atoms with Crippen LogP contribution < -0.4 is 4.74 Å². The summed E-state index contributed by atoms with van der Waals surface area (Å²) in [6.07, 6.45) is 1.36. The molecule has 1 aromatic carbocycles. The van der Waals surface area contributed by atoms with Crippen molar-refractivity contribution in [3.8, 4) is 11.5 Å². The van der Waals surface area contributed by atoms with E-state index in [4.69, 9.17) is 20.8 Å². The lowest BCUT2D eigenvalue weighted by Gasteiger charge is -2.07. The molecule has 1 aromatic heterocycles. The highest BCUT2D eigenvalue weighted by molar-refractivity contribution is 8.03. The number of carboxylic acid groups (broad SMARTS) is 1. The van der Waals surface area contributed by atoms with Crippen molar-refractivity contribution in [3.05, 3.63) is 33.5 Å². The fourth-order valence-electron chi connectivity index (χ4n) is 1.53. The number of carboxylic acids is 1. The maximum Gasteiger partial charge on any atom is 0.342 e. The van der Waals surface area contributed by atoms with Gasteiger partial charge in [0.05, 0.1) is 12.1 Å². The molecular formula is C13H11ClN2O5S. The molecule has 9 heteroatoms. The van der Waals surface area contributed by atoms with Gasteiger partial charge in [-0.25, -0.2) is 4.79 Å². The summed E-state index contributed by atoms with van der Waals surface area (Å²) in [5.41, 5.74) is 0.445. The molecule has 2 aromatic rings. The fourth-order valence-corrected chi connectivity index (χ4v) is 2.47. The Balaban J connectivity index is 2.38. The Labute approximate surface area is 134 Å². The average Bonchev–Trinajstić information content (AvgIpc) is 2.87. The molecule has 0 saturated heterocycles. The van der Waals surface area contributed by atoms with Gasteiger partial charge in [-0.15, -0.1) is 10.2 Å². The second kappa shape index (κ2) is 6.71. The van der Waals surface area contributed by atoms with Gasteiger partial charge in [0.25, 0.3) is 5.22 Å². The Morgan fingerprint density at radius 2 is 2.18 bits per heavy atom. The number of carbonyl (C=O) groups is 1. The van der Waals surface area contributed by atoms with Gasteiger partial charge < -0.3 is 19.4 Å². The largest absolute Gasteiger partial charge is 0.503 e. The van der Waals surface area contributed by atoms with E-state index in [2.05, 4.69) is 10.2 Å². The number of aliphatic carboxylic acids is 1. The van der Waals surface area contributed by atoms with Crippen LogP contribution in [0, 0.1) is 6.92 Å². The first-order chi connectivity index (χ1) is 10.4. The number of nitrogens with zero attached hydrogens (tertiary/aromatic N) is 2. The summed E-state index contributed by atoms with van der Waals surface area (Å²) in [6, 6.07) is 2.88. The minimum atomic E-state index is -1.16. The monoisotopic (exact) mass is 342 g/mol. The third-order valence-corrected chi connectivity index (χ3v) is 3.62. The molecule has 116 valence electrons. The van der Waals surface area contributed by atoms with Gasteiger partial charge in [0, 0.05) is 6.92 Å². The van der Waals surface area contributed by atoms with Gasteiger partial charge >= 0.3 is 5.97 Å². The predicted octanol–water partition coefficient (Wildman–Crippen LogP) is 2.96. The van der Waals surface area contributed by atoms with Crippen molar-refractivity contribution in [2.24, 2.45) is 0 Å². The van der Waals surface area contributed by atoms with E-state index >= 15 is 0 Å². The highest BCUT2D eigenvalue weighted by Gasteiger charge is 2.15. The summed E-state index contributed by atoms with van der Waals surface area (Å²) in [4.78, 5) is 11.3. The lowest BCUT2D eigenvalue weighted by atomic mass is 10.2. The number of hydrogen-bond donors (Lipinski definition) is 2. The number of hydrogen-bond acceptors (Lipinski definition) is 7. The second-order valence-electron chi connectivity index (χ2n) is 4.06. The zero-order valence-corrected chi connectivity index (χ0v) is 13.1. The van der Waals surface area contributed by atoms with Gasteiger partial charge in [-0.3, -0.25) is 0 Å². The van der Waals surface area contributed by atoms with Gasteiger partial charge in [0.1, 0.15) is 4.91 Å². The van der Waals surface area contributed by atoms with Crippen LogP contribution in [-0.2, 0) is 4.79 Å². The molecule has 0 atom stereocenters. The molecular weight excluding hydrogens is 332 g/mol. The second-order valence-corrected chi connectivity index (χ2v) is 5.46. The van der Waals surface area contributed by atoms with E-state index in [1.165, 1.54) is 25.3 Å². The van der Waals surface area contributed by atoms with Gasteiger partial charge in [-0.05, 0) is 35.5 Å². The lowest BCUT2D eigenvalue weighted by Crippen LogP contribution is -1.97. The quantitative estimate of drug-likeness (QED) is 0.631. The van der Waals surface area contributed by atoms with E-state index in [9.17, 15) is 15.0 Å². The number of rotatable bonds is 5. The molecule has 0 aliphatic carbocycles. The third kappa shape index (κ3) is 3.71. The molecule has 0 aliphatic heterocycles. The van der Waals surface area contributed by atoms with Gasteiger partial charge in [0.15, 0.2) is 11.5 Å². The van der Waals surface area contributed by atoms with Crippen LogP contribution in [0.3, 0.4) is 0 Å². The number of aromatic nitrogens is 2. The number of thioether (sulfide) groups is 1. The molecule has 2 N–H and O–H groups in total. The smallest absolute Gasteiger partial charge is 0.342 e. The number of phenols is 1. The van der Waals surface area contributed by atoms with Crippen LogP contribution in [0.5, 0.6) is 11.5 Å². The molecule has 2 rings (SSSR count). The van der Waals surface area contributed by atoms with Crippen molar-refractivity contribution < 1.29 is 24.2 Å². The molecule has 0 spiro atoms. The first-order valence-corrected chi connectivity index (χ1v) is 7.09. The maximum atomic E-state index is 11.3. The van der Waals surface area contributed by atoms with Crippen molar-refractivity contribution >= 4 is 35.4 Å². The average molecular weight is 343 g/mol. The number of halogens is 1. The van der Waals surface area contributed by atoms with Crippen LogP contribution in [0.2, 0.25) is 5.02 Å². The van der Waals surface area contributed by atoms with E-state index < -0.39 is 5.97 Å². The number of ether oxygens (including phenoxy) is 1. The number of phenolic OH excluding ortho intramolecular Hbond substituents is 1.